The molecule has 0 radical (unpaired) electrons. The Hall–Kier alpha value is -1.03. The van der Waals surface area contributed by atoms with Crippen molar-refractivity contribution < 1.29 is 4.79 Å². The Morgan fingerprint density at radius 1 is 1.60 bits per heavy atom. The lowest BCUT2D eigenvalue weighted by molar-refractivity contribution is 0.102. The molecule has 0 atom stereocenters. The average molecular weight is 224 g/mol. The van der Waals surface area contributed by atoms with E-state index in [1.807, 2.05) is 13.0 Å². The number of nitrogens with two attached hydrogens (primary N) is 1. The second-order valence-corrected chi connectivity index (χ2v) is 4.47. The molecule has 0 fully saturated rings. The first kappa shape index (κ1) is 12.0. The molecule has 0 saturated heterocycles. The van der Waals surface area contributed by atoms with E-state index < -0.39 is 0 Å². The quantitative estimate of drug-likeness (QED) is 0.616. The number of hydrogen-bond donors (Lipinski definition) is 1. The van der Waals surface area contributed by atoms with E-state index in [9.17, 15) is 4.79 Å². The lowest BCUT2D eigenvalue weighted by atomic mass is 10.1. The monoisotopic (exact) mass is 224 g/mol. The topological polar surface area (TPSA) is 56.0 Å². The second-order valence-electron chi connectivity index (χ2n) is 3.36. The lowest BCUT2D eigenvalue weighted by Crippen LogP contribution is -2.10. The minimum atomic E-state index is 0.0801. The summed E-state index contributed by atoms with van der Waals surface area (Å²) in [6.45, 7) is 3.98. The lowest BCUT2D eigenvalue weighted by Gasteiger charge is -2.06. The van der Waals surface area contributed by atoms with E-state index in [-0.39, 0.29) is 5.78 Å². The molecule has 0 aliphatic rings. The zero-order valence-corrected chi connectivity index (χ0v) is 9.93. The molecule has 0 aliphatic heterocycles. The average Bonchev–Trinajstić information content (AvgIpc) is 2.18. The molecule has 0 aliphatic carbocycles. The standard InChI is InChI=1S/C11H16N2OS/c1-3-6-15-7-9(14)10-8(2)4-5-13-11(10)12/h4-5H,3,6-7H2,1-2H3,(H2,12,13). The van der Waals surface area contributed by atoms with Crippen LogP contribution in [0.2, 0.25) is 0 Å². The summed E-state index contributed by atoms with van der Waals surface area (Å²) >= 11 is 1.64. The molecule has 82 valence electrons. The maximum Gasteiger partial charge on any atom is 0.176 e. The van der Waals surface area contributed by atoms with Crippen molar-refractivity contribution in [3.8, 4) is 0 Å². The summed E-state index contributed by atoms with van der Waals surface area (Å²) in [4.78, 5) is 15.8. The van der Waals surface area contributed by atoms with Gasteiger partial charge < -0.3 is 5.73 Å². The van der Waals surface area contributed by atoms with Crippen molar-refractivity contribution in [1.82, 2.24) is 4.98 Å². The van der Waals surface area contributed by atoms with Crippen molar-refractivity contribution in [2.75, 3.05) is 17.2 Å². The van der Waals surface area contributed by atoms with E-state index >= 15 is 0 Å². The van der Waals surface area contributed by atoms with Crippen LogP contribution >= 0.6 is 11.8 Å². The highest BCUT2D eigenvalue weighted by molar-refractivity contribution is 7.99. The molecule has 0 saturated carbocycles. The van der Waals surface area contributed by atoms with Crippen LogP contribution < -0.4 is 5.73 Å². The maximum absolute atomic E-state index is 11.8. The number of thioether (sulfide) groups is 1. The second kappa shape index (κ2) is 5.75. The molecule has 1 aromatic heterocycles. The van der Waals surface area contributed by atoms with Crippen molar-refractivity contribution in [3.05, 3.63) is 23.4 Å². The Labute approximate surface area is 94.5 Å². The van der Waals surface area contributed by atoms with Gasteiger partial charge in [0.2, 0.25) is 0 Å². The van der Waals surface area contributed by atoms with Gasteiger partial charge in [0.1, 0.15) is 5.82 Å². The Morgan fingerprint density at radius 3 is 2.93 bits per heavy atom. The number of aryl methyl sites for hydroxylation is 1. The van der Waals surface area contributed by atoms with Crippen LogP contribution in [0.1, 0.15) is 29.3 Å². The fraction of sp³-hybridized carbons (Fsp3) is 0.455. The van der Waals surface area contributed by atoms with Crippen LogP contribution in [0.5, 0.6) is 0 Å². The summed E-state index contributed by atoms with van der Waals surface area (Å²) in [6, 6.07) is 1.81. The van der Waals surface area contributed by atoms with Gasteiger partial charge in [-0.25, -0.2) is 4.98 Å². The van der Waals surface area contributed by atoms with Crippen molar-refractivity contribution in [3.63, 3.8) is 0 Å². The van der Waals surface area contributed by atoms with Gasteiger partial charge in [0.05, 0.1) is 11.3 Å². The third-order valence-corrected chi connectivity index (χ3v) is 3.21. The summed E-state index contributed by atoms with van der Waals surface area (Å²) in [5, 5.41) is 0. The smallest absolute Gasteiger partial charge is 0.176 e. The number of nitrogens with zero attached hydrogens (tertiary/aromatic N) is 1. The number of carbonyl (C=O) groups excluding carboxylic acids is 1. The van der Waals surface area contributed by atoms with Gasteiger partial charge in [0.15, 0.2) is 5.78 Å². The summed E-state index contributed by atoms with van der Waals surface area (Å²) in [7, 11) is 0. The van der Waals surface area contributed by atoms with E-state index in [0.29, 0.717) is 17.1 Å². The van der Waals surface area contributed by atoms with Crippen LogP contribution in [0.25, 0.3) is 0 Å². The number of nitrogen functional groups attached to an aromatic ring is 1. The van der Waals surface area contributed by atoms with Gasteiger partial charge in [-0.1, -0.05) is 6.92 Å². The number of anilines is 1. The molecule has 1 heterocycles. The summed E-state index contributed by atoms with van der Waals surface area (Å²) in [5.41, 5.74) is 7.18. The molecule has 3 nitrogen and oxygen atoms in total. The number of ketones is 1. The molecule has 1 rings (SSSR count). The van der Waals surface area contributed by atoms with Crippen LogP contribution in [0.15, 0.2) is 12.3 Å². The molecule has 0 bridgehead atoms. The van der Waals surface area contributed by atoms with E-state index in [4.69, 9.17) is 5.73 Å². The largest absolute Gasteiger partial charge is 0.383 e. The van der Waals surface area contributed by atoms with Gasteiger partial charge in [-0.2, -0.15) is 11.8 Å². The Balaban J connectivity index is 2.73. The highest BCUT2D eigenvalue weighted by Crippen LogP contribution is 2.16. The number of hydrogen-bond acceptors (Lipinski definition) is 4. The predicted octanol–water partition coefficient (Wildman–Crippen LogP) is 2.30. The van der Waals surface area contributed by atoms with Gasteiger partial charge in [0, 0.05) is 6.20 Å². The third-order valence-electron chi connectivity index (χ3n) is 2.05. The van der Waals surface area contributed by atoms with E-state index in [2.05, 4.69) is 11.9 Å². The van der Waals surface area contributed by atoms with Crippen LogP contribution in [-0.4, -0.2) is 22.3 Å². The third kappa shape index (κ3) is 3.23. The summed E-state index contributed by atoms with van der Waals surface area (Å²) in [5.74, 6) is 1.92. The molecule has 0 amide bonds. The normalized spacial score (nSPS) is 10.3. The Bertz CT molecular complexity index is 332. The van der Waals surface area contributed by atoms with Gasteiger partial charge in [0.25, 0.3) is 0 Å². The number of Topliss-reactive ketones (excluding diaryl/α,β-unsaturated/α-hetero) is 1. The van der Waals surface area contributed by atoms with Crippen LogP contribution in [-0.2, 0) is 0 Å². The van der Waals surface area contributed by atoms with Crippen LogP contribution in [0, 0.1) is 6.92 Å². The summed E-state index contributed by atoms with van der Waals surface area (Å²) in [6.07, 6.45) is 2.71. The predicted molar refractivity (Wildman–Crippen MR) is 65.3 cm³/mol. The molecule has 15 heavy (non-hydrogen) atoms. The van der Waals surface area contributed by atoms with Crippen LogP contribution in [0.3, 0.4) is 0 Å². The number of rotatable bonds is 5. The van der Waals surface area contributed by atoms with E-state index in [1.54, 1.807) is 18.0 Å². The van der Waals surface area contributed by atoms with Crippen LogP contribution in [0.4, 0.5) is 5.82 Å². The Morgan fingerprint density at radius 2 is 2.33 bits per heavy atom. The molecule has 2 N–H and O–H groups in total. The molecular weight excluding hydrogens is 208 g/mol. The number of carbonyl (C=O) groups is 1. The Kier molecular flexibility index (Phi) is 4.62. The van der Waals surface area contributed by atoms with Crippen molar-refractivity contribution in [2.24, 2.45) is 0 Å². The maximum atomic E-state index is 11.8. The summed E-state index contributed by atoms with van der Waals surface area (Å²) < 4.78 is 0. The molecule has 0 spiro atoms. The first-order chi connectivity index (χ1) is 7.16. The van der Waals surface area contributed by atoms with Gasteiger partial charge in [-0.15, -0.1) is 0 Å². The molecular formula is C11H16N2OS. The van der Waals surface area contributed by atoms with Gasteiger partial charge in [-0.3, -0.25) is 4.79 Å². The fourth-order valence-corrected chi connectivity index (χ4v) is 2.09. The van der Waals surface area contributed by atoms with Crippen molar-refractivity contribution in [2.45, 2.75) is 20.3 Å². The van der Waals surface area contributed by atoms with Gasteiger partial charge in [-0.05, 0) is 30.7 Å². The van der Waals surface area contributed by atoms with Gasteiger partial charge >= 0.3 is 0 Å². The number of aromatic nitrogens is 1. The highest BCUT2D eigenvalue weighted by Gasteiger charge is 2.12. The molecule has 1 aromatic rings. The zero-order valence-electron chi connectivity index (χ0n) is 9.12. The zero-order chi connectivity index (χ0) is 11.3. The van der Waals surface area contributed by atoms with Crippen molar-refractivity contribution in [1.29, 1.82) is 0 Å². The SMILES string of the molecule is CCCSCC(=O)c1c(C)ccnc1N. The first-order valence-corrected chi connectivity index (χ1v) is 6.14. The van der Waals surface area contributed by atoms with Crippen molar-refractivity contribution >= 4 is 23.4 Å². The minimum absolute atomic E-state index is 0.0801. The number of pyridine rings is 1. The first-order valence-electron chi connectivity index (χ1n) is 4.98. The van der Waals surface area contributed by atoms with E-state index in [1.165, 1.54) is 0 Å². The molecule has 0 unspecified atom stereocenters. The van der Waals surface area contributed by atoms with E-state index in [0.717, 1.165) is 17.7 Å². The molecule has 0 aromatic carbocycles. The fourth-order valence-electron chi connectivity index (χ4n) is 1.32. The molecule has 4 heteroatoms. The minimum Gasteiger partial charge on any atom is -0.383 e. The highest BCUT2D eigenvalue weighted by atomic mass is 32.2.